The Morgan fingerprint density at radius 3 is 2.66 bits per heavy atom. The Morgan fingerprint density at radius 1 is 1.14 bits per heavy atom. The van der Waals surface area contributed by atoms with E-state index in [9.17, 15) is 0 Å². The average Bonchev–Trinajstić information content (AvgIpc) is 3.35. The van der Waals surface area contributed by atoms with E-state index < -0.39 is 0 Å². The molecule has 8 heteroatoms. The lowest BCUT2D eigenvalue weighted by Crippen LogP contribution is -2.32. The number of rotatable bonds is 6. The summed E-state index contributed by atoms with van der Waals surface area (Å²) in [4.78, 5) is 15.9. The zero-order valence-electron chi connectivity index (χ0n) is 16.6. The topological polar surface area (TPSA) is 82.1 Å². The number of nitrogens with zero attached hydrogens (tertiary/aromatic N) is 5. The molecule has 0 aliphatic carbocycles. The van der Waals surface area contributed by atoms with Gasteiger partial charge in [-0.25, -0.2) is 9.98 Å². The number of aromatic nitrogens is 4. The van der Waals surface area contributed by atoms with Crippen LogP contribution in [0.2, 0.25) is 0 Å². The van der Waals surface area contributed by atoms with Gasteiger partial charge in [0, 0.05) is 25.3 Å². The number of aromatic amines is 1. The van der Waals surface area contributed by atoms with Gasteiger partial charge in [-0.2, -0.15) is 5.10 Å². The van der Waals surface area contributed by atoms with Gasteiger partial charge in [0.15, 0.2) is 11.8 Å². The number of nitrogens with one attached hydrogen (secondary N) is 2. The third-order valence-corrected chi connectivity index (χ3v) is 4.86. The normalized spacial score (nSPS) is 17.4. The number of H-pyrrole nitrogens is 1. The summed E-state index contributed by atoms with van der Waals surface area (Å²) in [5.41, 5.74) is 2.03. The molecule has 29 heavy (non-hydrogen) atoms. The molecule has 3 aromatic rings. The molecule has 4 rings (SSSR count). The molecule has 3 heterocycles. The Labute approximate surface area is 188 Å². The fraction of sp³-hybridized carbons (Fsp3) is 0.333. The molecule has 1 atom stereocenters. The van der Waals surface area contributed by atoms with Gasteiger partial charge in [-0.05, 0) is 23.6 Å². The van der Waals surface area contributed by atoms with E-state index in [1.165, 1.54) is 5.56 Å². The Morgan fingerprint density at radius 2 is 1.93 bits per heavy atom. The second-order valence-electron chi connectivity index (χ2n) is 7.32. The first-order chi connectivity index (χ1) is 13.7. The molecule has 0 amide bonds. The molecule has 2 N–H and O–H groups in total. The van der Waals surface area contributed by atoms with Crippen LogP contribution in [0, 0.1) is 5.92 Å². The molecule has 1 aliphatic heterocycles. The third-order valence-electron chi connectivity index (χ3n) is 4.86. The minimum absolute atomic E-state index is 0. The largest absolute Gasteiger partial charge is 0.351 e. The maximum absolute atomic E-state index is 4.79. The third kappa shape index (κ3) is 5.31. The van der Waals surface area contributed by atoms with Crippen molar-refractivity contribution in [3.05, 3.63) is 66.1 Å². The summed E-state index contributed by atoms with van der Waals surface area (Å²) in [5, 5.41) is 10.8. The van der Waals surface area contributed by atoms with Crippen LogP contribution in [0.25, 0.3) is 11.5 Å². The van der Waals surface area contributed by atoms with Crippen molar-refractivity contribution in [2.24, 2.45) is 10.9 Å². The lowest BCUT2D eigenvalue weighted by molar-refractivity contribution is 0.381. The Hall–Kier alpha value is -2.49. The highest BCUT2D eigenvalue weighted by Crippen LogP contribution is 2.16. The van der Waals surface area contributed by atoms with Crippen molar-refractivity contribution in [3.8, 4) is 11.5 Å². The quantitative estimate of drug-likeness (QED) is 0.504. The lowest BCUT2D eigenvalue weighted by Gasteiger charge is -2.18. The Bertz CT molecular complexity index is 924. The van der Waals surface area contributed by atoms with Crippen LogP contribution in [0.4, 0.5) is 0 Å². The first-order valence-corrected chi connectivity index (χ1v) is 9.61. The predicted octanol–water partition coefficient (Wildman–Crippen LogP) is 3.47. The molecule has 152 valence electrons. The number of benzene rings is 1. The molecule has 1 aliphatic rings. The summed E-state index contributed by atoms with van der Waals surface area (Å²) in [6, 6.07) is 16.6. The molecule has 0 radical (unpaired) electrons. The highest BCUT2D eigenvalue weighted by atomic mass is 127. The molecule has 0 spiro atoms. The van der Waals surface area contributed by atoms with E-state index in [0.29, 0.717) is 24.3 Å². The van der Waals surface area contributed by atoms with E-state index in [0.717, 1.165) is 30.6 Å². The van der Waals surface area contributed by atoms with Gasteiger partial charge in [-0.15, -0.1) is 24.0 Å². The summed E-state index contributed by atoms with van der Waals surface area (Å²) < 4.78 is 0. The Balaban J connectivity index is 0.00000240. The number of pyridine rings is 1. The van der Waals surface area contributed by atoms with E-state index in [1.54, 1.807) is 6.20 Å². The standard InChI is InChI=1S/C21H25N7.HI/c1-15(2)18-14-28(13-16-8-4-3-5-9-16)21(24-18)23-12-19-25-20(27-26-19)17-10-6-7-11-22-17;/h3-11,15,18H,12-14H2,1-2H3,(H,23,24)(H,25,26,27);1H. The number of guanidine groups is 1. The second kappa shape index (κ2) is 9.82. The van der Waals surface area contributed by atoms with Crippen molar-refractivity contribution in [2.45, 2.75) is 33.0 Å². The molecule has 1 fully saturated rings. The van der Waals surface area contributed by atoms with Gasteiger partial charge in [0.2, 0.25) is 0 Å². The van der Waals surface area contributed by atoms with Crippen molar-refractivity contribution in [1.29, 1.82) is 0 Å². The van der Waals surface area contributed by atoms with Crippen LogP contribution in [0.1, 0.15) is 25.2 Å². The summed E-state index contributed by atoms with van der Waals surface area (Å²) in [6.45, 7) is 6.69. The van der Waals surface area contributed by atoms with Crippen molar-refractivity contribution in [1.82, 2.24) is 30.4 Å². The molecule has 2 aromatic heterocycles. The van der Waals surface area contributed by atoms with Crippen molar-refractivity contribution in [3.63, 3.8) is 0 Å². The first kappa shape index (κ1) is 21.2. The molecular weight excluding hydrogens is 477 g/mol. The molecule has 1 unspecified atom stereocenters. The number of hydrogen-bond donors (Lipinski definition) is 2. The maximum Gasteiger partial charge on any atom is 0.199 e. The van der Waals surface area contributed by atoms with Gasteiger partial charge in [0.1, 0.15) is 18.1 Å². The predicted molar refractivity (Wildman–Crippen MR) is 125 cm³/mol. The fourth-order valence-corrected chi connectivity index (χ4v) is 3.22. The van der Waals surface area contributed by atoms with Gasteiger partial charge in [-0.3, -0.25) is 10.1 Å². The minimum Gasteiger partial charge on any atom is -0.351 e. The second-order valence-corrected chi connectivity index (χ2v) is 7.32. The van der Waals surface area contributed by atoms with Gasteiger partial charge >= 0.3 is 0 Å². The van der Waals surface area contributed by atoms with Crippen LogP contribution in [0.15, 0.2) is 59.7 Å². The SMILES string of the molecule is CC(C)C1CN(Cc2ccccc2)C(=NCc2nc(-c3ccccn3)n[nH]2)N1.I. The molecule has 1 saturated heterocycles. The van der Waals surface area contributed by atoms with Gasteiger partial charge < -0.3 is 10.2 Å². The average molecular weight is 503 g/mol. The van der Waals surface area contributed by atoms with E-state index in [1.807, 2.05) is 24.3 Å². The summed E-state index contributed by atoms with van der Waals surface area (Å²) in [6.07, 6.45) is 1.74. The fourth-order valence-electron chi connectivity index (χ4n) is 3.22. The van der Waals surface area contributed by atoms with Gasteiger partial charge in [0.05, 0.1) is 0 Å². The van der Waals surface area contributed by atoms with Gasteiger partial charge in [-0.1, -0.05) is 50.2 Å². The van der Waals surface area contributed by atoms with Crippen LogP contribution in [-0.4, -0.2) is 43.6 Å². The van der Waals surface area contributed by atoms with Crippen LogP contribution >= 0.6 is 24.0 Å². The zero-order valence-corrected chi connectivity index (χ0v) is 18.9. The minimum atomic E-state index is 0. The van der Waals surface area contributed by atoms with Gasteiger partial charge in [0.25, 0.3) is 0 Å². The summed E-state index contributed by atoms with van der Waals surface area (Å²) in [7, 11) is 0. The molecule has 0 bridgehead atoms. The first-order valence-electron chi connectivity index (χ1n) is 9.61. The number of halogens is 1. The van der Waals surface area contributed by atoms with E-state index in [2.05, 4.69) is 68.5 Å². The zero-order chi connectivity index (χ0) is 19.3. The van der Waals surface area contributed by atoms with Crippen molar-refractivity contribution >= 4 is 29.9 Å². The monoisotopic (exact) mass is 503 g/mol. The number of hydrogen-bond acceptors (Lipinski definition) is 4. The van der Waals surface area contributed by atoms with Crippen LogP contribution in [0.3, 0.4) is 0 Å². The van der Waals surface area contributed by atoms with E-state index in [-0.39, 0.29) is 24.0 Å². The van der Waals surface area contributed by atoms with E-state index in [4.69, 9.17) is 4.99 Å². The van der Waals surface area contributed by atoms with Crippen molar-refractivity contribution in [2.75, 3.05) is 6.54 Å². The van der Waals surface area contributed by atoms with Crippen LogP contribution in [0.5, 0.6) is 0 Å². The molecular formula is C21H26IN7. The molecule has 7 nitrogen and oxygen atoms in total. The van der Waals surface area contributed by atoms with E-state index >= 15 is 0 Å². The van der Waals surface area contributed by atoms with Crippen LogP contribution in [-0.2, 0) is 13.1 Å². The molecule has 0 saturated carbocycles. The summed E-state index contributed by atoms with van der Waals surface area (Å²) in [5.74, 6) is 2.77. The maximum atomic E-state index is 4.79. The highest BCUT2D eigenvalue weighted by molar-refractivity contribution is 14.0. The lowest BCUT2D eigenvalue weighted by atomic mass is 10.1. The highest BCUT2D eigenvalue weighted by Gasteiger charge is 2.29. The van der Waals surface area contributed by atoms with Crippen LogP contribution < -0.4 is 5.32 Å². The smallest absolute Gasteiger partial charge is 0.199 e. The van der Waals surface area contributed by atoms with Crippen molar-refractivity contribution < 1.29 is 0 Å². The Kier molecular flexibility index (Phi) is 7.18. The summed E-state index contributed by atoms with van der Waals surface area (Å²) >= 11 is 0. The molecule has 1 aromatic carbocycles. The number of aliphatic imine (C=N–C) groups is 1.